The average molecular weight is 987 g/mol. The molecule has 8 aromatic carbocycles. The van der Waals surface area contributed by atoms with Gasteiger partial charge >= 0.3 is 20.4 Å². The molecule has 0 fully saturated rings. The molecule has 0 saturated carbocycles. The molecule has 11 aromatic rings. The van der Waals surface area contributed by atoms with Crippen LogP contribution in [0.4, 0.5) is 0 Å². The summed E-state index contributed by atoms with van der Waals surface area (Å²) in [4.78, 5) is 41.6. The van der Waals surface area contributed by atoms with E-state index in [2.05, 4.69) is 0 Å². The van der Waals surface area contributed by atoms with Crippen molar-refractivity contribution in [2.75, 3.05) is 0 Å². The van der Waals surface area contributed by atoms with Gasteiger partial charge in [-0.2, -0.15) is 0 Å². The van der Waals surface area contributed by atoms with E-state index in [9.17, 15) is 0 Å². The van der Waals surface area contributed by atoms with Crippen LogP contribution in [0.1, 0.15) is 0 Å². The second-order valence-corrected chi connectivity index (χ2v) is 15.9. The molecule has 0 atom stereocenters. The van der Waals surface area contributed by atoms with Crippen molar-refractivity contribution in [1.29, 1.82) is 0 Å². The number of rotatable bonds is 8. The molecule has 13 rings (SSSR count). The molecule has 69 heavy (non-hydrogen) atoms. The number of hydrogen-bond donors (Lipinski definition) is 0. The molecule has 0 spiro atoms. The van der Waals surface area contributed by atoms with Crippen molar-refractivity contribution in [3.05, 3.63) is 194 Å². The van der Waals surface area contributed by atoms with Crippen molar-refractivity contribution in [3.63, 3.8) is 0 Å². The predicted octanol–water partition coefficient (Wildman–Crippen LogP) is 13.3. The Hall–Kier alpha value is -9.02. The van der Waals surface area contributed by atoms with Gasteiger partial charge in [-0.05, 0) is 83.6 Å². The molecular weight excluding hydrogens is 955 g/mol. The Bertz CT molecular complexity index is 3670. The summed E-state index contributed by atoms with van der Waals surface area (Å²) >= 11 is 0. The van der Waals surface area contributed by atoms with E-state index in [4.69, 9.17) is 58.8 Å². The van der Waals surface area contributed by atoms with Crippen LogP contribution in [0.3, 0.4) is 0 Å². The van der Waals surface area contributed by atoms with Gasteiger partial charge in [0.1, 0.15) is 46.0 Å². The van der Waals surface area contributed by atoms with Crippen molar-refractivity contribution in [1.82, 2.24) is 39.9 Å². The van der Waals surface area contributed by atoms with Gasteiger partial charge in [0.05, 0.1) is 34.4 Å². The van der Waals surface area contributed by atoms with Gasteiger partial charge in [-0.15, -0.1) is 0 Å². The molecule has 2 aliphatic heterocycles. The van der Waals surface area contributed by atoms with Crippen molar-refractivity contribution < 1.29 is 39.4 Å². The molecule has 0 radical (unpaired) electrons. The summed E-state index contributed by atoms with van der Waals surface area (Å²) in [6.07, 6.45) is 0. The molecule has 0 N–H and O–H groups in total. The predicted molar refractivity (Wildman–Crippen MR) is 260 cm³/mol. The minimum atomic E-state index is 0. The number of para-hydroxylation sites is 4. The molecule has 0 saturated heterocycles. The first kappa shape index (κ1) is 41.4. The normalized spacial score (nSPS) is 11.4. The van der Waals surface area contributed by atoms with Gasteiger partial charge in [0.2, 0.25) is 0 Å². The summed E-state index contributed by atoms with van der Waals surface area (Å²) in [7, 11) is 0. The minimum absolute atomic E-state index is 0. The van der Waals surface area contributed by atoms with Gasteiger partial charge in [0, 0.05) is 44.5 Å². The van der Waals surface area contributed by atoms with Gasteiger partial charge in [-0.25, -0.2) is 9.97 Å². The van der Waals surface area contributed by atoms with Crippen LogP contribution < -0.4 is 28.9 Å². The second kappa shape index (κ2) is 17.3. The standard InChI is InChI=1S/C56H32N8O4.Pd/c1-5-17-33(18-6-1)65-41-29-13-25-37-45(41)53-57-49(37)62-54-47-39(27-15-31-43(47)67-35-21-9-3-10-22-35)51(59-54)64-56-48-40(28-16-32-44(48)68-36-23-11-4-12-24-36)52(60-56)63-55-46-38(50(58-55)61-53)26-14-30-42(46)66-34-19-7-2-8-20-34;/h1-32H;/q-2;+2. The first-order valence-corrected chi connectivity index (χ1v) is 21.8. The first-order valence-electron chi connectivity index (χ1n) is 21.8. The van der Waals surface area contributed by atoms with Crippen LogP contribution in [0, 0.1) is 0 Å². The van der Waals surface area contributed by atoms with Crippen LogP contribution in [0.15, 0.2) is 194 Å². The summed E-state index contributed by atoms with van der Waals surface area (Å²) in [6.45, 7) is 0. The van der Waals surface area contributed by atoms with Crippen LogP contribution in [-0.2, 0) is 20.4 Å². The Kier molecular flexibility index (Phi) is 10.4. The topological polar surface area (TPSA) is 142 Å². The third kappa shape index (κ3) is 7.58. The van der Waals surface area contributed by atoms with Crippen LogP contribution in [0.2, 0.25) is 0 Å². The van der Waals surface area contributed by atoms with Crippen molar-refractivity contribution in [3.8, 4) is 91.5 Å². The summed E-state index contributed by atoms with van der Waals surface area (Å²) in [5, 5.41) is 2.63. The van der Waals surface area contributed by atoms with E-state index in [1.807, 2.05) is 194 Å². The molecule has 0 amide bonds. The number of nitrogens with zero attached hydrogens (tertiary/aromatic N) is 8. The maximum Gasteiger partial charge on any atom is 2.00 e. The summed E-state index contributed by atoms with van der Waals surface area (Å²) < 4.78 is 26.3. The average Bonchev–Trinajstić information content (AvgIpc) is 4.12. The molecule has 12 nitrogen and oxygen atoms in total. The molecule has 2 aliphatic rings. The van der Waals surface area contributed by atoms with E-state index in [0.29, 0.717) is 136 Å². The van der Waals surface area contributed by atoms with Crippen LogP contribution in [-0.4, -0.2) is 29.9 Å². The molecule has 0 aliphatic carbocycles. The summed E-state index contributed by atoms with van der Waals surface area (Å²) in [6, 6.07) is 61.3. The van der Waals surface area contributed by atoms with Gasteiger partial charge in [0.15, 0.2) is 0 Å². The molecular formula is C56H32N8O4Pd. The SMILES string of the molecule is [Pd+2].c1ccc(Oc2cccc3c2-c2nc-3nc3[n-]c(nc4nc(nc5[n-]c(n2)c2cccc(Oc6ccccc6)c52)-c2cccc(Oc5ccccc5)c2-4)c2cccc(Oc4ccccc4)c32)cc1. The number of fused-ring (bicyclic) bond motifs is 20. The molecule has 3 aromatic heterocycles. The van der Waals surface area contributed by atoms with Gasteiger partial charge in [-0.3, -0.25) is 0 Å². The zero-order valence-electron chi connectivity index (χ0n) is 36.0. The molecule has 13 heteroatoms. The third-order valence-corrected chi connectivity index (χ3v) is 11.5. The Balaban J connectivity index is 0.00000492. The molecule has 8 bridgehead atoms. The quantitative estimate of drug-likeness (QED) is 0.134. The fourth-order valence-corrected chi connectivity index (χ4v) is 8.53. The van der Waals surface area contributed by atoms with E-state index >= 15 is 0 Å². The molecule has 5 heterocycles. The number of hydrogen-bond acceptors (Lipinski definition) is 10. The van der Waals surface area contributed by atoms with E-state index in [1.54, 1.807) is 0 Å². The van der Waals surface area contributed by atoms with Crippen LogP contribution >= 0.6 is 0 Å². The van der Waals surface area contributed by atoms with Crippen LogP contribution in [0.25, 0.3) is 89.7 Å². The van der Waals surface area contributed by atoms with E-state index < -0.39 is 0 Å². The maximum absolute atomic E-state index is 6.57. The smallest absolute Gasteiger partial charge is 0.457 e. The zero-order chi connectivity index (χ0) is 45.0. The zero-order valence-corrected chi connectivity index (χ0v) is 37.6. The van der Waals surface area contributed by atoms with Crippen molar-refractivity contribution >= 4 is 44.1 Å². The third-order valence-electron chi connectivity index (χ3n) is 11.5. The van der Waals surface area contributed by atoms with E-state index in [0.717, 1.165) is 0 Å². The summed E-state index contributed by atoms with van der Waals surface area (Å²) in [5.74, 6) is 6.10. The fourth-order valence-electron chi connectivity index (χ4n) is 8.53. The first-order chi connectivity index (χ1) is 33.7. The van der Waals surface area contributed by atoms with Gasteiger partial charge in [-0.1, -0.05) is 121 Å². The molecule has 0 unspecified atom stereocenters. The molecule has 330 valence electrons. The Labute approximate surface area is 407 Å². The second-order valence-electron chi connectivity index (χ2n) is 15.9. The van der Waals surface area contributed by atoms with E-state index in [1.165, 1.54) is 0 Å². The Morgan fingerprint density at radius 1 is 0.275 bits per heavy atom. The fraction of sp³-hybridized carbons (Fsp3) is 0. The summed E-state index contributed by atoms with van der Waals surface area (Å²) in [5.41, 5.74) is 4.01. The minimum Gasteiger partial charge on any atom is -0.457 e. The van der Waals surface area contributed by atoms with Crippen LogP contribution in [0.5, 0.6) is 46.0 Å². The van der Waals surface area contributed by atoms with E-state index in [-0.39, 0.29) is 20.4 Å². The number of aromatic nitrogens is 8. The maximum atomic E-state index is 6.57. The Morgan fingerprint density at radius 2 is 0.594 bits per heavy atom. The van der Waals surface area contributed by atoms with Crippen molar-refractivity contribution in [2.24, 2.45) is 0 Å². The van der Waals surface area contributed by atoms with Crippen molar-refractivity contribution in [2.45, 2.75) is 0 Å². The monoisotopic (exact) mass is 986 g/mol. The number of ether oxygens (including phenoxy) is 4. The largest absolute Gasteiger partial charge is 2.00 e. The number of benzene rings is 8. The van der Waals surface area contributed by atoms with Gasteiger partial charge in [0.25, 0.3) is 0 Å². The Morgan fingerprint density at radius 3 is 0.971 bits per heavy atom. The van der Waals surface area contributed by atoms with Gasteiger partial charge < -0.3 is 48.9 Å².